The molecule has 1 unspecified atom stereocenters. The predicted octanol–water partition coefficient (Wildman–Crippen LogP) is 2.33. The number of nitrogen functional groups attached to an aromatic ring is 1. The Kier molecular flexibility index (Phi) is 4.80. The van der Waals surface area contributed by atoms with Crippen LogP contribution in [0.3, 0.4) is 0 Å². The number of imidazole rings is 1. The van der Waals surface area contributed by atoms with Gasteiger partial charge in [0.1, 0.15) is 6.23 Å². The van der Waals surface area contributed by atoms with E-state index in [0.29, 0.717) is 28.9 Å². The molecule has 0 amide bonds. The van der Waals surface area contributed by atoms with Gasteiger partial charge >= 0.3 is 6.01 Å². The van der Waals surface area contributed by atoms with Gasteiger partial charge in [-0.1, -0.05) is 13.3 Å². The lowest BCUT2D eigenvalue weighted by molar-refractivity contribution is -0.0334. The molecule has 0 aliphatic carbocycles. The summed E-state index contributed by atoms with van der Waals surface area (Å²) in [5.41, 5.74) is 7.27. The van der Waals surface area contributed by atoms with Crippen molar-refractivity contribution in [2.75, 3.05) is 31.3 Å². The summed E-state index contributed by atoms with van der Waals surface area (Å²) in [5, 5.41) is 3.21. The molecule has 0 bridgehead atoms. The van der Waals surface area contributed by atoms with Gasteiger partial charge in [0, 0.05) is 13.2 Å². The van der Waals surface area contributed by atoms with Crippen LogP contribution in [0.15, 0.2) is 0 Å². The molecule has 0 saturated carbocycles. The number of ether oxygens (including phenoxy) is 2. The smallest absolute Gasteiger partial charge is 0.300 e. The standard InChI is InChI=1S/C15H24N6O2/c1-3-4-8-17-14-19-12(16)11-13(20-14)21(15(18-11)22-2)10-7-5-6-9-23-10/h10H,3-9H2,1-2H3,(H3,16,17,19,20). The van der Waals surface area contributed by atoms with Crippen molar-refractivity contribution in [1.29, 1.82) is 0 Å². The van der Waals surface area contributed by atoms with E-state index in [4.69, 9.17) is 15.2 Å². The summed E-state index contributed by atoms with van der Waals surface area (Å²) in [4.78, 5) is 13.3. The number of aromatic nitrogens is 4. The first-order valence-corrected chi connectivity index (χ1v) is 8.19. The highest BCUT2D eigenvalue weighted by molar-refractivity contribution is 5.84. The van der Waals surface area contributed by atoms with E-state index in [1.807, 2.05) is 4.57 Å². The van der Waals surface area contributed by atoms with Crippen LogP contribution in [0, 0.1) is 0 Å². The fourth-order valence-electron chi connectivity index (χ4n) is 2.76. The van der Waals surface area contributed by atoms with E-state index < -0.39 is 0 Å². The largest absolute Gasteiger partial charge is 0.468 e. The molecule has 0 aromatic carbocycles. The molecule has 0 radical (unpaired) electrons. The molecule has 1 atom stereocenters. The van der Waals surface area contributed by atoms with E-state index in [9.17, 15) is 0 Å². The number of hydrogen-bond donors (Lipinski definition) is 2. The molecule has 126 valence electrons. The first kappa shape index (κ1) is 15.8. The van der Waals surface area contributed by atoms with Gasteiger partial charge in [0.2, 0.25) is 5.95 Å². The molecule has 2 aromatic heterocycles. The van der Waals surface area contributed by atoms with Crippen molar-refractivity contribution < 1.29 is 9.47 Å². The Balaban J connectivity index is 2.01. The Labute approximate surface area is 135 Å². The number of unbranched alkanes of at least 4 members (excludes halogenated alkanes) is 1. The Morgan fingerprint density at radius 3 is 2.91 bits per heavy atom. The van der Waals surface area contributed by atoms with E-state index in [1.54, 1.807) is 7.11 Å². The maximum atomic E-state index is 6.06. The van der Waals surface area contributed by atoms with Crippen molar-refractivity contribution >= 4 is 22.9 Å². The predicted molar refractivity (Wildman–Crippen MR) is 88.5 cm³/mol. The highest BCUT2D eigenvalue weighted by Gasteiger charge is 2.25. The second-order valence-electron chi connectivity index (χ2n) is 5.67. The second-order valence-corrected chi connectivity index (χ2v) is 5.67. The van der Waals surface area contributed by atoms with Gasteiger partial charge in [0.15, 0.2) is 17.0 Å². The zero-order valence-corrected chi connectivity index (χ0v) is 13.7. The number of anilines is 2. The van der Waals surface area contributed by atoms with Crippen LogP contribution >= 0.6 is 0 Å². The van der Waals surface area contributed by atoms with Gasteiger partial charge in [-0.05, 0) is 25.7 Å². The molecule has 8 nitrogen and oxygen atoms in total. The summed E-state index contributed by atoms with van der Waals surface area (Å²) in [6.45, 7) is 3.68. The van der Waals surface area contributed by atoms with Gasteiger partial charge in [-0.2, -0.15) is 15.0 Å². The molecular weight excluding hydrogens is 296 g/mol. The van der Waals surface area contributed by atoms with Crippen LogP contribution in [0.1, 0.15) is 45.3 Å². The fourth-order valence-corrected chi connectivity index (χ4v) is 2.76. The first-order valence-electron chi connectivity index (χ1n) is 8.19. The molecule has 1 aliphatic rings. The van der Waals surface area contributed by atoms with E-state index in [2.05, 4.69) is 27.2 Å². The van der Waals surface area contributed by atoms with Gasteiger partial charge in [0.05, 0.1) is 7.11 Å². The molecule has 3 N–H and O–H groups in total. The van der Waals surface area contributed by atoms with Gasteiger partial charge in [-0.25, -0.2) is 0 Å². The molecule has 1 saturated heterocycles. The van der Waals surface area contributed by atoms with Crippen LogP contribution in [-0.2, 0) is 4.74 Å². The zero-order valence-electron chi connectivity index (χ0n) is 13.7. The highest BCUT2D eigenvalue weighted by atomic mass is 16.5. The van der Waals surface area contributed by atoms with Gasteiger partial charge in [0.25, 0.3) is 0 Å². The van der Waals surface area contributed by atoms with Crippen molar-refractivity contribution in [3.63, 3.8) is 0 Å². The SMILES string of the molecule is CCCCNc1nc(N)c2nc(OC)n(C3CCCCO3)c2n1. The topological polar surface area (TPSA) is 100 Å². The minimum atomic E-state index is -0.124. The maximum Gasteiger partial charge on any atom is 0.300 e. The summed E-state index contributed by atoms with van der Waals surface area (Å²) in [5.74, 6) is 0.866. The second kappa shape index (κ2) is 6.99. The highest BCUT2D eigenvalue weighted by Crippen LogP contribution is 2.32. The third kappa shape index (κ3) is 3.17. The average molecular weight is 320 g/mol. The number of nitrogens with one attached hydrogen (secondary N) is 1. The molecule has 2 aromatic rings. The van der Waals surface area contributed by atoms with Crippen LogP contribution in [-0.4, -0.2) is 39.8 Å². The lowest BCUT2D eigenvalue weighted by atomic mass is 10.2. The van der Waals surface area contributed by atoms with Crippen LogP contribution < -0.4 is 15.8 Å². The maximum absolute atomic E-state index is 6.06. The monoisotopic (exact) mass is 320 g/mol. The molecular formula is C15H24N6O2. The molecule has 0 spiro atoms. The Morgan fingerprint density at radius 1 is 1.35 bits per heavy atom. The number of methoxy groups -OCH3 is 1. The van der Waals surface area contributed by atoms with E-state index in [1.165, 1.54) is 0 Å². The van der Waals surface area contributed by atoms with Gasteiger partial charge < -0.3 is 20.5 Å². The number of fused-ring (bicyclic) bond motifs is 1. The number of hydrogen-bond acceptors (Lipinski definition) is 7. The fraction of sp³-hybridized carbons (Fsp3) is 0.667. The van der Waals surface area contributed by atoms with Crippen molar-refractivity contribution in [2.24, 2.45) is 0 Å². The van der Waals surface area contributed by atoms with Crippen molar-refractivity contribution in [1.82, 2.24) is 19.5 Å². The lowest BCUT2D eigenvalue weighted by Gasteiger charge is -2.24. The normalized spacial score (nSPS) is 18.3. The van der Waals surface area contributed by atoms with E-state index in [-0.39, 0.29) is 6.23 Å². The Bertz CT molecular complexity index is 666. The minimum Gasteiger partial charge on any atom is -0.468 e. The molecule has 1 fully saturated rings. The minimum absolute atomic E-state index is 0.124. The summed E-state index contributed by atoms with van der Waals surface area (Å²) < 4.78 is 13.2. The number of rotatable bonds is 6. The van der Waals surface area contributed by atoms with Crippen molar-refractivity contribution in [3.05, 3.63) is 0 Å². The third-order valence-corrected chi connectivity index (χ3v) is 3.97. The Hall–Kier alpha value is -2.09. The Morgan fingerprint density at radius 2 is 2.22 bits per heavy atom. The van der Waals surface area contributed by atoms with Crippen molar-refractivity contribution in [2.45, 2.75) is 45.3 Å². The molecule has 3 heterocycles. The van der Waals surface area contributed by atoms with Gasteiger partial charge in [-0.15, -0.1) is 0 Å². The number of nitrogens with two attached hydrogens (primary N) is 1. The van der Waals surface area contributed by atoms with Crippen LogP contribution in [0.5, 0.6) is 6.01 Å². The van der Waals surface area contributed by atoms with Gasteiger partial charge in [-0.3, -0.25) is 4.57 Å². The average Bonchev–Trinajstić information content (AvgIpc) is 2.95. The van der Waals surface area contributed by atoms with Crippen molar-refractivity contribution in [3.8, 4) is 6.01 Å². The summed E-state index contributed by atoms with van der Waals surface area (Å²) >= 11 is 0. The van der Waals surface area contributed by atoms with Crippen LogP contribution in [0.4, 0.5) is 11.8 Å². The number of nitrogens with zero attached hydrogens (tertiary/aromatic N) is 4. The third-order valence-electron chi connectivity index (χ3n) is 3.97. The van der Waals surface area contributed by atoms with Crippen LogP contribution in [0.25, 0.3) is 11.2 Å². The van der Waals surface area contributed by atoms with E-state index in [0.717, 1.165) is 45.3 Å². The molecule has 3 rings (SSSR count). The molecule has 23 heavy (non-hydrogen) atoms. The lowest BCUT2D eigenvalue weighted by Crippen LogP contribution is -2.19. The summed E-state index contributed by atoms with van der Waals surface area (Å²) in [7, 11) is 1.59. The molecule has 8 heteroatoms. The quantitative estimate of drug-likeness (QED) is 0.788. The van der Waals surface area contributed by atoms with Crippen LogP contribution in [0.2, 0.25) is 0 Å². The molecule has 1 aliphatic heterocycles. The first-order chi connectivity index (χ1) is 11.2. The summed E-state index contributed by atoms with van der Waals surface area (Å²) in [6, 6.07) is 0.457. The zero-order chi connectivity index (χ0) is 16.2. The van der Waals surface area contributed by atoms with E-state index >= 15 is 0 Å². The summed E-state index contributed by atoms with van der Waals surface area (Å²) in [6.07, 6.45) is 5.12.